The first-order valence-corrected chi connectivity index (χ1v) is 6.08. The summed E-state index contributed by atoms with van der Waals surface area (Å²) in [5, 5.41) is 0. The molecular weight excluding hydrogens is 214 g/mol. The van der Waals surface area contributed by atoms with Crippen LogP contribution in [-0.4, -0.2) is 29.8 Å². The molecule has 1 aliphatic rings. The molecule has 0 saturated carbocycles. The summed E-state index contributed by atoms with van der Waals surface area (Å²) in [7, 11) is 0. The van der Waals surface area contributed by atoms with Gasteiger partial charge in [-0.1, -0.05) is 0 Å². The first-order chi connectivity index (χ1) is 8.00. The first-order valence-electron chi connectivity index (χ1n) is 6.08. The Morgan fingerprint density at radius 2 is 2.35 bits per heavy atom. The van der Waals surface area contributed by atoms with Crippen LogP contribution in [0.3, 0.4) is 0 Å². The number of rotatable bonds is 2. The van der Waals surface area contributed by atoms with Gasteiger partial charge in [0.15, 0.2) is 0 Å². The van der Waals surface area contributed by atoms with Crippen molar-refractivity contribution in [1.82, 2.24) is 4.98 Å². The molecule has 0 radical (unpaired) electrons. The molecule has 94 valence electrons. The van der Waals surface area contributed by atoms with Gasteiger partial charge in [0.25, 0.3) is 0 Å². The summed E-state index contributed by atoms with van der Waals surface area (Å²) >= 11 is 0. The quantitative estimate of drug-likeness (QED) is 0.845. The van der Waals surface area contributed by atoms with Crippen LogP contribution in [0.2, 0.25) is 0 Å². The van der Waals surface area contributed by atoms with Gasteiger partial charge in [-0.2, -0.15) is 0 Å². The minimum Gasteiger partial charge on any atom is -0.369 e. The van der Waals surface area contributed by atoms with Crippen LogP contribution in [0.5, 0.6) is 0 Å². The number of hydrogen-bond acceptors (Lipinski definition) is 4. The fourth-order valence-electron chi connectivity index (χ4n) is 2.42. The van der Waals surface area contributed by atoms with Crippen molar-refractivity contribution in [2.45, 2.75) is 39.0 Å². The van der Waals surface area contributed by atoms with Crippen LogP contribution in [0.1, 0.15) is 26.5 Å². The molecule has 0 spiro atoms. The molecule has 0 amide bonds. The van der Waals surface area contributed by atoms with Gasteiger partial charge in [-0.15, -0.1) is 0 Å². The van der Waals surface area contributed by atoms with E-state index in [1.165, 1.54) is 5.69 Å². The van der Waals surface area contributed by atoms with E-state index in [0.717, 1.165) is 18.8 Å². The maximum absolute atomic E-state index is 5.90. The molecule has 1 unspecified atom stereocenters. The molecular formula is C13H21N3O. The van der Waals surface area contributed by atoms with Crippen LogP contribution in [0.4, 0.5) is 5.69 Å². The lowest BCUT2D eigenvalue weighted by Gasteiger charge is -2.43. The van der Waals surface area contributed by atoms with Gasteiger partial charge in [0.05, 0.1) is 17.4 Å². The normalized spacial score (nSPS) is 23.8. The van der Waals surface area contributed by atoms with Crippen LogP contribution in [0.25, 0.3) is 0 Å². The average Bonchev–Trinajstić information content (AvgIpc) is 2.26. The minimum absolute atomic E-state index is 0.107. The van der Waals surface area contributed by atoms with Crippen LogP contribution < -0.4 is 10.6 Å². The van der Waals surface area contributed by atoms with Gasteiger partial charge in [0, 0.05) is 31.5 Å². The summed E-state index contributed by atoms with van der Waals surface area (Å²) in [4.78, 5) is 6.57. The molecule has 1 aliphatic heterocycles. The zero-order valence-electron chi connectivity index (χ0n) is 10.8. The highest BCUT2D eigenvalue weighted by atomic mass is 16.5. The monoisotopic (exact) mass is 235 g/mol. The largest absolute Gasteiger partial charge is 0.369 e. The van der Waals surface area contributed by atoms with Crippen LogP contribution in [-0.2, 0) is 11.3 Å². The highest BCUT2D eigenvalue weighted by molar-refractivity contribution is 5.47. The number of hydrogen-bond donors (Lipinski definition) is 1. The number of aromatic nitrogens is 1. The average molecular weight is 235 g/mol. The molecule has 4 heteroatoms. The van der Waals surface area contributed by atoms with Crippen molar-refractivity contribution in [1.29, 1.82) is 0 Å². The number of nitrogens with two attached hydrogens (primary N) is 1. The Balaban J connectivity index is 2.20. The summed E-state index contributed by atoms with van der Waals surface area (Å²) in [6.45, 7) is 8.65. The van der Waals surface area contributed by atoms with Crippen molar-refractivity contribution in [3.05, 3.63) is 24.0 Å². The predicted octanol–water partition coefficient (Wildman–Crippen LogP) is 1.54. The van der Waals surface area contributed by atoms with Crippen LogP contribution >= 0.6 is 0 Å². The number of morpholine rings is 1. The number of nitrogens with zero attached hydrogens (tertiary/aromatic N) is 2. The van der Waals surface area contributed by atoms with Gasteiger partial charge in [-0.05, 0) is 32.9 Å². The van der Waals surface area contributed by atoms with E-state index in [9.17, 15) is 0 Å². The maximum Gasteiger partial charge on any atom is 0.0805 e. The molecule has 1 atom stereocenters. The summed E-state index contributed by atoms with van der Waals surface area (Å²) in [5.74, 6) is 0. The Morgan fingerprint density at radius 1 is 1.59 bits per heavy atom. The molecule has 0 aliphatic carbocycles. The van der Waals surface area contributed by atoms with Gasteiger partial charge in [0.2, 0.25) is 0 Å². The minimum atomic E-state index is -0.107. The molecule has 17 heavy (non-hydrogen) atoms. The lowest BCUT2D eigenvalue weighted by Crippen LogP contribution is -2.52. The van der Waals surface area contributed by atoms with E-state index in [0.29, 0.717) is 6.54 Å². The predicted molar refractivity (Wildman–Crippen MR) is 69.0 cm³/mol. The van der Waals surface area contributed by atoms with Crippen molar-refractivity contribution in [2.75, 3.05) is 18.0 Å². The molecule has 1 saturated heterocycles. The third kappa shape index (κ3) is 2.96. The summed E-state index contributed by atoms with van der Waals surface area (Å²) < 4.78 is 5.90. The molecule has 2 rings (SSSR count). The van der Waals surface area contributed by atoms with E-state index < -0.39 is 0 Å². The molecule has 2 heterocycles. The van der Waals surface area contributed by atoms with Gasteiger partial charge >= 0.3 is 0 Å². The Kier molecular flexibility index (Phi) is 3.35. The molecule has 2 N–H and O–H groups in total. The standard InChI is InChI=1S/C13H21N3O/c1-10-8-16(9-13(2,3)17-10)12-4-5-15-11(6-12)7-14/h4-6,10H,7-9,14H2,1-3H3. The first kappa shape index (κ1) is 12.3. The van der Waals surface area contributed by atoms with E-state index in [1.807, 2.05) is 12.3 Å². The zero-order chi connectivity index (χ0) is 12.5. The van der Waals surface area contributed by atoms with Crippen molar-refractivity contribution < 1.29 is 4.74 Å². The van der Waals surface area contributed by atoms with E-state index in [4.69, 9.17) is 10.5 Å². The lowest BCUT2D eigenvalue weighted by atomic mass is 10.0. The third-order valence-electron chi connectivity index (χ3n) is 2.94. The SMILES string of the molecule is CC1CN(c2ccnc(CN)c2)CC(C)(C)O1. The van der Waals surface area contributed by atoms with Gasteiger partial charge < -0.3 is 15.4 Å². The van der Waals surface area contributed by atoms with E-state index >= 15 is 0 Å². The molecule has 1 aromatic rings. The van der Waals surface area contributed by atoms with Crippen LogP contribution in [0, 0.1) is 0 Å². The topological polar surface area (TPSA) is 51.4 Å². The summed E-state index contributed by atoms with van der Waals surface area (Å²) in [6.07, 6.45) is 2.07. The molecule has 4 nitrogen and oxygen atoms in total. The van der Waals surface area contributed by atoms with Crippen molar-refractivity contribution in [2.24, 2.45) is 5.73 Å². The van der Waals surface area contributed by atoms with Gasteiger partial charge in [0.1, 0.15) is 0 Å². The maximum atomic E-state index is 5.90. The lowest BCUT2D eigenvalue weighted by molar-refractivity contribution is -0.0749. The fourth-order valence-corrected chi connectivity index (χ4v) is 2.42. The highest BCUT2D eigenvalue weighted by Gasteiger charge is 2.31. The molecule has 1 aromatic heterocycles. The second kappa shape index (κ2) is 4.63. The fraction of sp³-hybridized carbons (Fsp3) is 0.615. The van der Waals surface area contributed by atoms with E-state index in [1.54, 1.807) is 0 Å². The third-order valence-corrected chi connectivity index (χ3v) is 2.94. The van der Waals surface area contributed by atoms with Crippen molar-refractivity contribution in [3.63, 3.8) is 0 Å². The number of pyridine rings is 1. The molecule has 0 aromatic carbocycles. The Hall–Kier alpha value is -1.13. The highest BCUT2D eigenvalue weighted by Crippen LogP contribution is 2.25. The van der Waals surface area contributed by atoms with Gasteiger partial charge in [-0.25, -0.2) is 0 Å². The smallest absolute Gasteiger partial charge is 0.0805 e. The molecule has 0 bridgehead atoms. The zero-order valence-corrected chi connectivity index (χ0v) is 10.8. The second-order valence-corrected chi connectivity index (χ2v) is 5.28. The number of ether oxygens (including phenoxy) is 1. The Bertz CT molecular complexity index is 392. The summed E-state index contributed by atoms with van der Waals surface area (Å²) in [5.41, 5.74) is 7.63. The van der Waals surface area contributed by atoms with E-state index in [-0.39, 0.29) is 11.7 Å². The Morgan fingerprint density at radius 3 is 3.00 bits per heavy atom. The number of anilines is 1. The van der Waals surface area contributed by atoms with Crippen LogP contribution in [0.15, 0.2) is 18.3 Å². The van der Waals surface area contributed by atoms with Crippen molar-refractivity contribution in [3.8, 4) is 0 Å². The Labute approximate surface area is 103 Å². The van der Waals surface area contributed by atoms with Gasteiger partial charge in [-0.3, -0.25) is 4.98 Å². The second-order valence-electron chi connectivity index (χ2n) is 5.28. The van der Waals surface area contributed by atoms with Crippen molar-refractivity contribution >= 4 is 5.69 Å². The van der Waals surface area contributed by atoms with E-state index in [2.05, 4.69) is 36.7 Å². The summed E-state index contributed by atoms with van der Waals surface area (Å²) in [6, 6.07) is 4.10. The molecule has 1 fully saturated rings.